The van der Waals surface area contributed by atoms with E-state index in [-0.39, 0.29) is 11.1 Å². The number of aryl methyl sites for hydroxylation is 1. The van der Waals surface area contributed by atoms with Crippen LogP contribution in [0.4, 0.5) is 0 Å². The van der Waals surface area contributed by atoms with E-state index < -0.39 is 0 Å². The molecular formula is C16H13N3OS. The maximum atomic E-state index is 12.4. The Balaban J connectivity index is 2.85. The van der Waals surface area contributed by atoms with Crippen molar-refractivity contribution in [1.29, 1.82) is 10.5 Å². The van der Waals surface area contributed by atoms with Gasteiger partial charge in [-0.3, -0.25) is 9.36 Å². The van der Waals surface area contributed by atoms with Gasteiger partial charge in [-0.1, -0.05) is 24.3 Å². The predicted octanol–water partition coefficient (Wildman–Crippen LogP) is 1.26. The Morgan fingerprint density at radius 1 is 1.33 bits per heavy atom. The van der Waals surface area contributed by atoms with E-state index in [0.717, 1.165) is 11.1 Å². The number of rotatable bonds is 2. The molecular weight excluding hydrogens is 282 g/mol. The van der Waals surface area contributed by atoms with Crippen LogP contribution in [0.2, 0.25) is 0 Å². The zero-order chi connectivity index (χ0) is 15.4. The second-order valence-electron chi connectivity index (χ2n) is 4.42. The van der Waals surface area contributed by atoms with E-state index >= 15 is 0 Å². The van der Waals surface area contributed by atoms with Crippen LogP contribution in [-0.4, -0.2) is 4.57 Å². The molecule has 1 aromatic carbocycles. The molecule has 0 aliphatic heterocycles. The van der Waals surface area contributed by atoms with Gasteiger partial charge in [0.2, 0.25) is 0 Å². The predicted molar refractivity (Wildman–Crippen MR) is 82.9 cm³/mol. The summed E-state index contributed by atoms with van der Waals surface area (Å²) in [5.74, 6) is 0. The Morgan fingerprint density at radius 2 is 2.00 bits per heavy atom. The third kappa shape index (κ3) is 2.79. The smallest absolute Gasteiger partial charge is 0.269 e. The van der Waals surface area contributed by atoms with Gasteiger partial charge in [0.25, 0.3) is 5.56 Å². The fourth-order valence-electron chi connectivity index (χ4n) is 2.00. The van der Waals surface area contributed by atoms with E-state index in [1.807, 2.05) is 56.3 Å². The average Bonchev–Trinajstić information content (AvgIpc) is 2.79. The lowest BCUT2D eigenvalue weighted by molar-refractivity contribution is 0.722. The number of nitrogens with zero attached hydrogens (tertiary/aromatic N) is 3. The second-order valence-corrected chi connectivity index (χ2v) is 5.45. The Morgan fingerprint density at radius 3 is 2.57 bits per heavy atom. The Hall–Kier alpha value is -2.63. The minimum absolute atomic E-state index is 0.0246. The molecule has 2 aromatic rings. The Labute approximate surface area is 126 Å². The van der Waals surface area contributed by atoms with Gasteiger partial charge in [-0.25, -0.2) is 0 Å². The third-order valence-electron chi connectivity index (χ3n) is 3.14. The molecule has 0 unspecified atom stereocenters. The first kappa shape index (κ1) is 14.8. The van der Waals surface area contributed by atoms with Gasteiger partial charge in [0.1, 0.15) is 16.8 Å². The van der Waals surface area contributed by atoms with Gasteiger partial charge in [-0.2, -0.15) is 10.5 Å². The van der Waals surface area contributed by atoms with Gasteiger partial charge in [0.05, 0.1) is 4.53 Å². The van der Waals surface area contributed by atoms with E-state index in [1.54, 1.807) is 0 Å². The van der Waals surface area contributed by atoms with Crippen LogP contribution in [0.15, 0.2) is 29.1 Å². The summed E-state index contributed by atoms with van der Waals surface area (Å²) in [6.45, 7) is 4.22. The minimum atomic E-state index is -0.163. The van der Waals surface area contributed by atoms with Gasteiger partial charge < -0.3 is 0 Å². The van der Waals surface area contributed by atoms with Crippen LogP contribution in [0.25, 0.3) is 11.6 Å². The molecule has 0 aliphatic rings. The highest BCUT2D eigenvalue weighted by Crippen LogP contribution is 2.07. The highest BCUT2D eigenvalue weighted by atomic mass is 32.1. The van der Waals surface area contributed by atoms with Crippen LogP contribution in [0.1, 0.15) is 18.1 Å². The zero-order valence-electron chi connectivity index (χ0n) is 11.8. The molecule has 0 aliphatic carbocycles. The third-order valence-corrected chi connectivity index (χ3v) is 4.27. The van der Waals surface area contributed by atoms with Crippen molar-refractivity contribution >= 4 is 23.0 Å². The minimum Gasteiger partial charge on any atom is -0.298 e. The van der Waals surface area contributed by atoms with E-state index in [4.69, 9.17) is 10.5 Å². The lowest BCUT2D eigenvalue weighted by Crippen LogP contribution is -2.31. The SMILES string of the molecule is CCn1c(=C(C#N)C#N)s/c(=C\c2ccccc2C)c1=O. The zero-order valence-corrected chi connectivity index (χ0v) is 12.6. The van der Waals surface area contributed by atoms with Crippen molar-refractivity contribution in [2.45, 2.75) is 20.4 Å². The Kier molecular flexibility index (Phi) is 4.37. The maximum Gasteiger partial charge on any atom is 0.269 e. The lowest BCUT2D eigenvalue weighted by Gasteiger charge is -1.96. The van der Waals surface area contributed by atoms with Crippen LogP contribution in [0.5, 0.6) is 0 Å². The van der Waals surface area contributed by atoms with E-state index in [0.29, 0.717) is 15.7 Å². The van der Waals surface area contributed by atoms with E-state index in [2.05, 4.69) is 0 Å². The summed E-state index contributed by atoms with van der Waals surface area (Å²) in [5, 5.41) is 18.0. The average molecular weight is 295 g/mol. The van der Waals surface area contributed by atoms with Crippen molar-refractivity contribution in [3.8, 4) is 12.1 Å². The normalized spacial score (nSPS) is 11.0. The summed E-state index contributed by atoms with van der Waals surface area (Å²) < 4.78 is 2.42. The van der Waals surface area contributed by atoms with E-state index in [9.17, 15) is 4.79 Å². The first-order valence-electron chi connectivity index (χ1n) is 6.43. The quantitative estimate of drug-likeness (QED) is 0.837. The van der Waals surface area contributed by atoms with Crippen molar-refractivity contribution in [2.75, 3.05) is 0 Å². The number of benzene rings is 1. The van der Waals surface area contributed by atoms with Crippen molar-refractivity contribution < 1.29 is 0 Å². The molecule has 0 fully saturated rings. The highest BCUT2D eigenvalue weighted by molar-refractivity contribution is 7.07. The van der Waals surface area contributed by atoms with Gasteiger partial charge in [-0.05, 0) is 31.1 Å². The second kappa shape index (κ2) is 6.21. The monoisotopic (exact) mass is 295 g/mol. The molecule has 0 amide bonds. The molecule has 0 spiro atoms. The molecule has 5 heteroatoms. The van der Waals surface area contributed by atoms with Crippen molar-refractivity contribution in [1.82, 2.24) is 4.57 Å². The topological polar surface area (TPSA) is 69.6 Å². The fourth-order valence-corrected chi connectivity index (χ4v) is 3.11. The number of nitriles is 2. The summed E-state index contributed by atoms with van der Waals surface area (Å²) in [4.78, 5) is 12.4. The van der Waals surface area contributed by atoms with Crippen LogP contribution >= 0.6 is 11.3 Å². The number of thiazole rings is 1. The molecule has 104 valence electrons. The molecule has 0 saturated carbocycles. The number of aromatic nitrogens is 1. The fraction of sp³-hybridized carbons (Fsp3) is 0.188. The van der Waals surface area contributed by atoms with Crippen LogP contribution in [0, 0.1) is 29.6 Å². The molecule has 1 aromatic heterocycles. The molecule has 0 radical (unpaired) electrons. The highest BCUT2D eigenvalue weighted by Gasteiger charge is 2.07. The van der Waals surface area contributed by atoms with Crippen molar-refractivity contribution in [3.05, 3.63) is 54.9 Å². The molecule has 1 heterocycles. The largest absolute Gasteiger partial charge is 0.298 e. The van der Waals surface area contributed by atoms with Crippen molar-refractivity contribution in [2.24, 2.45) is 0 Å². The Bertz CT molecular complexity index is 920. The summed E-state index contributed by atoms with van der Waals surface area (Å²) in [5.41, 5.74) is 1.84. The summed E-state index contributed by atoms with van der Waals surface area (Å²) >= 11 is 1.18. The molecule has 0 saturated heterocycles. The van der Waals surface area contributed by atoms with Crippen LogP contribution < -0.4 is 14.8 Å². The summed E-state index contributed by atoms with van der Waals surface area (Å²) in [6.07, 6.45) is 1.81. The van der Waals surface area contributed by atoms with Gasteiger partial charge in [-0.15, -0.1) is 11.3 Å². The number of hydrogen-bond acceptors (Lipinski definition) is 4. The van der Waals surface area contributed by atoms with Crippen molar-refractivity contribution in [3.63, 3.8) is 0 Å². The molecule has 0 atom stereocenters. The van der Waals surface area contributed by atoms with E-state index in [1.165, 1.54) is 15.9 Å². The standard InChI is InChI=1S/C16H13N3OS/c1-3-19-15(20)14(21-16(19)13(9-17)10-18)8-12-7-5-4-6-11(12)2/h4-8H,3H2,1-2H3/b14-8-. The first-order valence-corrected chi connectivity index (χ1v) is 7.25. The molecule has 0 bridgehead atoms. The van der Waals surface area contributed by atoms with Gasteiger partial charge in [0, 0.05) is 6.54 Å². The maximum absolute atomic E-state index is 12.4. The molecule has 21 heavy (non-hydrogen) atoms. The van der Waals surface area contributed by atoms with Crippen LogP contribution in [-0.2, 0) is 6.54 Å². The van der Waals surface area contributed by atoms with Gasteiger partial charge >= 0.3 is 0 Å². The molecule has 0 N–H and O–H groups in total. The van der Waals surface area contributed by atoms with Gasteiger partial charge in [0.15, 0.2) is 5.57 Å². The lowest BCUT2D eigenvalue weighted by atomic mass is 10.1. The van der Waals surface area contributed by atoms with Crippen LogP contribution in [0.3, 0.4) is 0 Å². The molecule has 2 rings (SSSR count). The molecule has 4 nitrogen and oxygen atoms in total. The first-order chi connectivity index (χ1) is 10.1. The number of hydrogen-bond donors (Lipinski definition) is 0. The summed E-state index contributed by atoms with van der Waals surface area (Å²) in [6, 6.07) is 11.5. The summed E-state index contributed by atoms with van der Waals surface area (Å²) in [7, 11) is 0.